The smallest absolute Gasteiger partial charge is 0.325 e. The number of nitro benzene ring substituents is 2. The van der Waals surface area contributed by atoms with E-state index in [0.717, 1.165) is 17.0 Å². The van der Waals surface area contributed by atoms with E-state index in [9.17, 15) is 55.0 Å². The highest BCUT2D eigenvalue weighted by molar-refractivity contribution is 5.94. The summed E-state index contributed by atoms with van der Waals surface area (Å²) in [5.74, 6) is -5.59. The summed E-state index contributed by atoms with van der Waals surface area (Å²) < 4.78 is 0. The zero-order valence-corrected chi connectivity index (χ0v) is 33.4. The molecule has 0 heterocycles. The number of guanidine groups is 1. The Hall–Kier alpha value is -7.81. The Balaban J connectivity index is 1.85. The van der Waals surface area contributed by atoms with E-state index in [1.807, 2.05) is 0 Å². The molecule has 0 saturated heterocycles. The molecule has 3 amide bonds. The molecular formula is C41H47N9O12. The number of nitrogens with one attached hydrogen (secondary N) is 3. The predicted octanol–water partition coefficient (Wildman–Crippen LogP) is 2.09. The molecule has 0 radical (unpaired) electrons. The van der Waals surface area contributed by atoms with Crippen molar-refractivity contribution in [2.45, 2.75) is 69.9 Å². The van der Waals surface area contributed by atoms with Crippen LogP contribution < -0.4 is 27.4 Å². The van der Waals surface area contributed by atoms with Crippen molar-refractivity contribution in [3.63, 3.8) is 0 Å². The summed E-state index contributed by atoms with van der Waals surface area (Å²) >= 11 is 0. The fraction of sp³-hybridized carbons (Fsp3) is 0.293. The highest BCUT2D eigenvalue weighted by Gasteiger charge is 2.38. The lowest BCUT2D eigenvalue weighted by atomic mass is 9.99. The van der Waals surface area contributed by atoms with Crippen molar-refractivity contribution in [2.24, 2.45) is 16.5 Å². The number of phenols is 3. The van der Waals surface area contributed by atoms with E-state index in [4.69, 9.17) is 11.5 Å². The quantitative estimate of drug-likeness (QED) is 0.0180. The highest BCUT2D eigenvalue weighted by atomic mass is 16.6. The van der Waals surface area contributed by atoms with Crippen molar-refractivity contribution in [1.82, 2.24) is 20.9 Å². The number of aromatic hydroxyl groups is 3. The number of nitrogens with two attached hydrogens (primary N) is 2. The molecule has 0 bridgehead atoms. The molecule has 0 aromatic heterocycles. The number of carbonyl (C=O) groups excluding carboxylic acids is 3. The summed E-state index contributed by atoms with van der Waals surface area (Å²) in [6.45, 7) is -0.0340. The Kier molecular flexibility index (Phi) is 16.6. The molecule has 0 saturated carbocycles. The van der Waals surface area contributed by atoms with E-state index < -0.39 is 93.7 Å². The summed E-state index contributed by atoms with van der Waals surface area (Å²) in [4.78, 5) is 83.0. The van der Waals surface area contributed by atoms with Gasteiger partial charge in [-0.05, 0) is 61.6 Å². The molecule has 21 heteroatoms. The summed E-state index contributed by atoms with van der Waals surface area (Å²) in [5.41, 5.74) is 10.5. The second-order valence-electron chi connectivity index (χ2n) is 14.1. The number of aliphatic carboxylic acids is 1. The van der Waals surface area contributed by atoms with E-state index in [-0.39, 0.29) is 55.1 Å². The fourth-order valence-electron chi connectivity index (χ4n) is 6.46. The van der Waals surface area contributed by atoms with Gasteiger partial charge in [-0.3, -0.25) is 44.4 Å². The number of hydrogen-bond acceptors (Lipinski definition) is 13. The summed E-state index contributed by atoms with van der Waals surface area (Å²) in [6.07, 6.45) is -0.540. The SMILES string of the molecule is C[C@@H](NC(=O)[C@H](Cc1ccccc1)N(Cc1c(O)cccc1[N+](=O)[O-])C(=O)[C@H](CCCN=C(N)N)NC(=O)[C@H](Cc1ccc(O)cc1)NCc1c(O)cccc1[N+](=O)[O-])C(=O)O. The Morgan fingerprint density at radius 3 is 1.90 bits per heavy atom. The minimum absolute atomic E-state index is 0.0386. The molecule has 0 spiro atoms. The second kappa shape index (κ2) is 22.0. The van der Waals surface area contributed by atoms with Gasteiger partial charge < -0.3 is 52.7 Å². The van der Waals surface area contributed by atoms with Gasteiger partial charge >= 0.3 is 5.97 Å². The van der Waals surface area contributed by atoms with E-state index >= 15 is 4.79 Å². The number of aliphatic imine (C=N–C) groups is 1. The normalized spacial score (nSPS) is 12.8. The zero-order chi connectivity index (χ0) is 45.5. The van der Waals surface area contributed by atoms with Crippen LogP contribution in [0.3, 0.4) is 0 Å². The number of nitrogens with zero attached hydrogens (tertiary/aromatic N) is 4. The zero-order valence-electron chi connectivity index (χ0n) is 33.4. The Morgan fingerprint density at radius 2 is 1.32 bits per heavy atom. The number of rotatable bonds is 22. The number of carboxylic acids is 1. The van der Waals surface area contributed by atoms with Gasteiger partial charge in [-0.1, -0.05) is 54.6 Å². The van der Waals surface area contributed by atoms with Gasteiger partial charge in [-0.2, -0.15) is 0 Å². The van der Waals surface area contributed by atoms with Crippen LogP contribution in [0.4, 0.5) is 11.4 Å². The van der Waals surface area contributed by atoms with Gasteiger partial charge in [0.25, 0.3) is 11.4 Å². The molecule has 4 rings (SSSR count). The molecule has 4 aromatic carbocycles. The van der Waals surface area contributed by atoms with Crippen LogP contribution in [0.1, 0.15) is 42.0 Å². The van der Waals surface area contributed by atoms with Crippen LogP contribution in [0, 0.1) is 20.2 Å². The number of hydrogen-bond donors (Lipinski definition) is 9. The van der Waals surface area contributed by atoms with Gasteiger partial charge in [0.05, 0.1) is 33.6 Å². The largest absolute Gasteiger partial charge is 0.508 e. The minimum atomic E-state index is -1.60. The number of carboxylic acid groups (broad SMARTS) is 1. The molecule has 11 N–H and O–H groups in total. The van der Waals surface area contributed by atoms with Gasteiger partial charge in [0, 0.05) is 31.6 Å². The Morgan fingerprint density at radius 1 is 0.742 bits per heavy atom. The molecule has 62 heavy (non-hydrogen) atoms. The summed E-state index contributed by atoms with van der Waals surface area (Å²) in [7, 11) is 0. The molecule has 0 aliphatic carbocycles. The molecule has 4 atom stereocenters. The second-order valence-corrected chi connectivity index (χ2v) is 14.1. The first-order chi connectivity index (χ1) is 29.5. The number of phenolic OH excluding ortho intramolecular Hbond substituents is 3. The van der Waals surface area contributed by atoms with Crippen LogP contribution in [0.2, 0.25) is 0 Å². The average molecular weight is 858 g/mol. The molecule has 4 aromatic rings. The Labute approximate surface area is 354 Å². The number of nitro groups is 2. The van der Waals surface area contributed by atoms with E-state index in [1.54, 1.807) is 30.3 Å². The van der Waals surface area contributed by atoms with Crippen LogP contribution in [0.5, 0.6) is 17.2 Å². The third kappa shape index (κ3) is 13.1. The van der Waals surface area contributed by atoms with Crippen molar-refractivity contribution in [3.05, 3.63) is 133 Å². The number of amides is 3. The van der Waals surface area contributed by atoms with Gasteiger partial charge in [-0.25, -0.2) is 0 Å². The fourth-order valence-corrected chi connectivity index (χ4v) is 6.46. The van der Waals surface area contributed by atoms with Gasteiger partial charge in [0.2, 0.25) is 17.7 Å². The maximum absolute atomic E-state index is 15.1. The predicted molar refractivity (Wildman–Crippen MR) is 224 cm³/mol. The highest BCUT2D eigenvalue weighted by Crippen LogP contribution is 2.31. The monoisotopic (exact) mass is 857 g/mol. The third-order valence-corrected chi connectivity index (χ3v) is 9.72. The first-order valence-corrected chi connectivity index (χ1v) is 19.1. The van der Waals surface area contributed by atoms with Crippen LogP contribution in [0.15, 0.2) is 96.0 Å². The minimum Gasteiger partial charge on any atom is -0.508 e. The molecule has 21 nitrogen and oxygen atoms in total. The van der Waals surface area contributed by atoms with Crippen molar-refractivity contribution >= 4 is 41.0 Å². The number of carbonyl (C=O) groups is 4. The lowest BCUT2D eigenvalue weighted by molar-refractivity contribution is -0.385. The summed E-state index contributed by atoms with van der Waals surface area (Å²) in [5, 5.41) is 73.1. The first kappa shape index (κ1) is 46.9. The van der Waals surface area contributed by atoms with Crippen molar-refractivity contribution in [1.29, 1.82) is 0 Å². The van der Waals surface area contributed by atoms with Gasteiger partial charge in [-0.15, -0.1) is 0 Å². The number of benzene rings is 4. The molecule has 328 valence electrons. The van der Waals surface area contributed by atoms with Crippen LogP contribution in [0.25, 0.3) is 0 Å². The van der Waals surface area contributed by atoms with Crippen molar-refractivity contribution in [3.8, 4) is 17.2 Å². The van der Waals surface area contributed by atoms with Gasteiger partial charge in [0.15, 0.2) is 5.96 Å². The van der Waals surface area contributed by atoms with Crippen LogP contribution in [-0.4, -0.2) is 95.5 Å². The van der Waals surface area contributed by atoms with Crippen molar-refractivity contribution in [2.75, 3.05) is 6.54 Å². The lowest BCUT2D eigenvalue weighted by Gasteiger charge is -2.35. The maximum Gasteiger partial charge on any atom is 0.325 e. The standard InChI is InChI=1S/C41H47N9O12/c1-24(40(57)58)46-38(55)34(21-25-8-3-2-4-9-25)48(23-29-33(50(61)62)12-6-14-36(29)53)39(56)30(10-7-19-44-41(42)43)47-37(54)31(20-26-15-17-27(51)18-16-26)45-22-28-32(49(59)60)11-5-13-35(28)52/h2-6,8-9,11-18,24,30-31,34,45,51-53H,7,10,19-23H2,1H3,(H,46,55)(H,47,54)(H,57,58)(H4,42,43,44)/t24-,30+,31+,34+/m1/s1. The maximum atomic E-state index is 15.1. The van der Waals surface area contributed by atoms with E-state index in [0.29, 0.717) is 11.1 Å². The van der Waals surface area contributed by atoms with Crippen LogP contribution >= 0.6 is 0 Å². The van der Waals surface area contributed by atoms with E-state index in [1.165, 1.54) is 55.5 Å². The molecule has 0 aliphatic heterocycles. The molecular weight excluding hydrogens is 811 g/mol. The lowest BCUT2D eigenvalue weighted by Crippen LogP contribution is -2.59. The van der Waals surface area contributed by atoms with Gasteiger partial charge in [0.1, 0.15) is 35.4 Å². The van der Waals surface area contributed by atoms with E-state index in [2.05, 4.69) is 20.9 Å². The molecule has 0 unspecified atom stereocenters. The summed E-state index contributed by atoms with van der Waals surface area (Å²) in [6, 6.07) is 15.2. The topological polar surface area (TPSA) is 339 Å². The molecule has 0 fully saturated rings. The first-order valence-electron chi connectivity index (χ1n) is 19.1. The third-order valence-electron chi connectivity index (χ3n) is 9.72. The van der Waals surface area contributed by atoms with Crippen molar-refractivity contribution < 1.29 is 49.5 Å². The Bertz CT molecular complexity index is 2270. The average Bonchev–Trinajstić information content (AvgIpc) is 3.22. The van der Waals surface area contributed by atoms with Crippen LogP contribution in [-0.2, 0) is 45.1 Å². The molecule has 0 aliphatic rings.